The van der Waals surface area contributed by atoms with Crippen LogP contribution in [0.25, 0.3) is 38.6 Å². The zero-order chi connectivity index (χ0) is 24.0. The van der Waals surface area contributed by atoms with Gasteiger partial charge in [-0.25, -0.2) is 0 Å². The van der Waals surface area contributed by atoms with Gasteiger partial charge in [-0.1, -0.05) is 64.5 Å². The SMILES string of the molecule is C=[n+]1ccc(=C2[N-]C=C(CC(C)C)c3sccc32)cc1-c1cc(C(C)(C)C)c2ccccc2c1. The van der Waals surface area contributed by atoms with Crippen LogP contribution in [0, 0.1) is 12.6 Å². The average molecular weight is 465 g/mol. The van der Waals surface area contributed by atoms with E-state index in [0.717, 1.165) is 23.0 Å². The van der Waals surface area contributed by atoms with Crippen LogP contribution in [-0.2, 0) is 5.41 Å². The minimum Gasteiger partial charge on any atom is -0.663 e. The van der Waals surface area contributed by atoms with Gasteiger partial charge in [0.05, 0.1) is 0 Å². The highest BCUT2D eigenvalue weighted by molar-refractivity contribution is 7.11. The normalized spacial score (nSPS) is 15.3. The monoisotopic (exact) mass is 464 g/mol. The van der Waals surface area contributed by atoms with Gasteiger partial charge in [0.2, 0.25) is 5.69 Å². The molecule has 0 radical (unpaired) electrons. The van der Waals surface area contributed by atoms with Gasteiger partial charge in [-0.2, -0.15) is 10.4 Å². The molecule has 3 heteroatoms. The predicted molar refractivity (Wildman–Crippen MR) is 146 cm³/mol. The van der Waals surface area contributed by atoms with Gasteiger partial charge in [0, 0.05) is 22.6 Å². The summed E-state index contributed by atoms with van der Waals surface area (Å²) in [6.07, 6.45) is 5.18. The number of rotatable bonds is 3. The standard InChI is InChI=1S/C31H32N2S/c1-20(2)15-24-19-32-29(26-12-14-34-30(24)26)22-11-13-33(6)28(18-22)23-16-21-9-7-8-10-25(21)27(17-23)31(3,4)5/h7-14,16-20H,6,15H2,1-5H3. The smallest absolute Gasteiger partial charge is 0.217 e. The van der Waals surface area contributed by atoms with Crippen molar-refractivity contribution in [3.8, 4) is 11.3 Å². The van der Waals surface area contributed by atoms with Crippen LogP contribution >= 0.6 is 11.3 Å². The second kappa shape index (κ2) is 8.56. The van der Waals surface area contributed by atoms with E-state index in [1.54, 1.807) is 0 Å². The van der Waals surface area contributed by atoms with Crippen LogP contribution in [0.2, 0.25) is 0 Å². The molecule has 4 aromatic rings. The first-order chi connectivity index (χ1) is 16.2. The van der Waals surface area contributed by atoms with Crippen LogP contribution in [0.1, 0.15) is 57.0 Å². The molecule has 0 unspecified atom stereocenters. The third-order valence-electron chi connectivity index (χ3n) is 6.46. The molecular weight excluding hydrogens is 432 g/mol. The highest BCUT2D eigenvalue weighted by atomic mass is 32.1. The number of allylic oxidation sites excluding steroid dienone is 1. The molecule has 0 fully saturated rings. The van der Waals surface area contributed by atoms with Gasteiger partial charge in [0.15, 0.2) is 6.20 Å². The fraction of sp³-hybridized carbons (Fsp3) is 0.258. The van der Waals surface area contributed by atoms with Crippen LogP contribution in [0.4, 0.5) is 0 Å². The lowest BCUT2D eigenvalue weighted by molar-refractivity contribution is -0.486. The van der Waals surface area contributed by atoms with Crippen molar-refractivity contribution < 1.29 is 4.24 Å². The highest BCUT2D eigenvalue weighted by Crippen LogP contribution is 2.40. The summed E-state index contributed by atoms with van der Waals surface area (Å²) in [6, 6.07) is 19.9. The number of thiophene rings is 1. The number of nitrogens with zero attached hydrogens (tertiary/aromatic N) is 2. The largest absolute Gasteiger partial charge is 0.663 e. The number of aromatic nitrogens is 1. The second-order valence-electron chi connectivity index (χ2n) is 10.7. The molecule has 0 aliphatic carbocycles. The Morgan fingerprint density at radius 2 is 1.82 bits per heavy atom. The molecule has 1 aliphatic heterocycles. The van der Waals surface area contributed by atoms with E-state index in [4.69, 9.17) is 5.32 Å². The summed E-state index contributed by atoms with van der Waals surface area (Å²) in [5, 5.41) is 10.8. The molecular formula is C31H32N2S. The predicted octanol–water partition coefficient (Wildman–Crippen LogP) is 7.72. The maximum atomic E-state index is 4.95. The Hall–Kier alpha value is -3.17. The van der Waals surface area contributed by atoms with Gasteiger partial charge >= 0.3 is 0 Å². The lowest BCUT2D eigenvalue weighted by atomic mass is 9.82. The summed E-state index contributed by atoms with van der Waals surface area (Å²) in [5.74, 6) is 0.608. The maximum absolute atomic E-state index is 4.95. The van der Waals surface area contributed by atoms with E-state index in [-0.39, 0.29) is 5.41 Å². The molecule has 3 heterocycles. The average Bonchev–Trinajstić information content (AvgIpc) is 3.29. The van der Waals surface area contributed by atoms with Gasteiger partial charge < -0.3 is 5.32 Å². The molecule has 1 aliphatic rings. The summed E-state index contributed by atoms with van der Waals surface area (Å²) in [6.45, 7) is 15.7. The molecule has 0 saturated carbocycles. The highest BCUT2D eigenvalue weighted by Gasteiger charge is 2.20. The van der Waals surface area contributed by atoms with Gasteiger partial charge in [0.25, 0.3) is 0 Å². The first-order valence-electron chi connectivity index (χ1n) is 12.0. The van der Waals surface area contributed by atoms with E-state index in [9.17, 15) is 0 Å². The molecule has 0 N–H and O–H groups in total. The van der Waals surface area contributed by atoms with E-state index in [1.165, 1.54) is 37.9 Å². The Balaban J connectivity index is 1.71. The van der Waals surface area contributed by atoms with Gasteiger partial charge in [-0.3, -0.25) is 0 Å². The van der Waals surface area contributed by atoms with Gasteiger partial charge in [-0.05, 0) is 68.5 Å². The Bertz CT molecular complexity index is 1530. The zero-order valence-electron chi connectivity index (χ0n) is 20.7. The minimum absolute atomic E-state index is 0.0376. The molecule has 0 amide bonds. The van der Waals surface area contributed by atoms with Crippen LogP contribution in [-0.4, -0.2) is 0 Å². The zero-order valence-corrected chi connectivity index (χ0v) is 21.5. The van der Waals surface area contributed by atoms with Crippen molar-refractivity contribution in [2.45, 2.75) is 46.5 Å². The van der Waals surface area contributed by atoms with E-state index in [2.05, 4.69) is 114 Å². The molecule has 2 nitrogen and oxygen atoms in total. The lowest BCUT2D eigenvalue weighted by Gasteiger charge is -2.30. The summed E-state index contributed by atoms with van der Waals surface area (Å²) < 4.78 is 1.97. The number of fused-ring (bicyclic) bond motifs is 2. The van der Waals surface area contributed by atoms with E-state index in [1.807, 2.05) is 15.6 Å². The Kier molecular flexibility index (Phi) is 5.69. The van der Waals surface area contributed by atoms with E-state index in [0.29, 0.717) is 5.92 Å². The molecule has 172 valence electrons. The topological polar surface area (TPSA) is 20.0 Å². The van der Waals surface area contributed by atoms with Crippen molar-refractivity contribution in [2.24, 2.45) is 5.92 Å². The molecule has 0 atom stereocenters. The van der Waals surface area contributed by atoms with Crippen molar-refractivity contribution >= 4 is 33.4 Å². The summed E-state index contributed by atoms with van der Waals surface area (Å²) in [4.78, 5) is 1.35. The van der Waals surface area contributed by atoms with Crippen LogP contribution < -0.4 is 9.46 Å². The van der Waals surface area contributed by atoms with E-state index >= 15 is 0 Å². The van der Waals surface area contributed by atoms with Crippen molar-refractivity contribution in [3.63, 3.8) is 0 Å². The molecule has 0 spiro atoms. The first kappa shape index (κ1) is 22.6. The number of pyridine rings is 1. The fourth-order valence-corrected chi connectivity index (χ4v) is 5.75. The number of hydrogen-bond acceptors (Lipinski definition) is 1. The van der Waals surface area contributed by atoms with Crippen LogP contribution in [0.5, 0.6) is 0 Å². The fourth-order valence-electron chi connectivity index (χ4n) is 4.83. The lowest BCUT2D eigenvalue weighted by Crippen LogP contribution is -2.22. The van der Waals surface area contributed by atoms with Crippen molar-refractivity contribution in [1.29, 1.82) is 0 Å². The van der Waals surface area contributed by atoms with Crippen LogP contribution in [0.15, 0.2) is 72.4 Å². The molecule has 5 rings (SSSR count). The third-order valence-corrected chi connectivity index (χ3v) is 7.45. The number of hydrogen-bond donors (Lipinski definition) is 0. The second-order valence-corrected chi connectivity index (χ2v) is 11.6. The van der Waals surface area contributed by atoms with Gasteiger partial charge in [0.1, 0.15) is 6.72 Å². The summed E-state index contributed by atoms with van der Waals surface area (Å²) in [5.41, 5.74) is 7.28. The van der Waals surface area contributed by atoms with Crippen molar-refractivity contribution in [1.82, 2.24) is 0 Å². The van der Waals surface area contributed by atoms with E-state index < -0.39 is 0 Å². The number of benzene rings is 2. The summed E-state index contributed by atoms with van der Waals surface area (Å²) >= 11 is 1.82. The summed E-state index contributed by atoms with van der Waals surface area (Å²) in [7, 11) is 0. The molecule has 0 bridgehead atoms. The third kappa shape index (κ3) is 4.10. The Labute approximate surface area is 206 Å². The van der Waals surface area contributed by atoms with Crippen LogP contribution in [0.3, 0.4) is 0 Å². The molecule has 34 heavy (non-hydrogen) atoms. The first-order valence-corrected chi connectivity index (χ1v) is 12.9. The Morgan fingerprint density at radius 3 is 2.59 bits per heavy atom. The minimum atomic E-state index is 0.0376. The van der Waals surface area contributed by atoms with Crippen molar-refractivity contribution in [2.75, 3.05) is 0 Å². The molecule has 0 saturated heterocycles. The molecule has 2 aromatic heterocycles. The van der Waals surface area contributed by atoms with Crippen molar-refractivity contribution in [3.05, 3.63) is 106 Å². The maximum Gasteiger partial charge on any atom is 0.217 e. The molecule has 2 aromatic carbocycles. The quantitative estimate of drug-likeness (QED) is 0.277. The van der Waals surface area contributed by atoms with Gasteiger partial charge in [-0.15, -0.1) is 17.0 Å². The Morgan fingerprint density at radius 1 is 1.03 bits per heavy atom.